The second kappa shape index (κ2) is 16.9. The van der Waals surface area contributed by atoms with Crippen molar-refractivity contribution in [3.05, 3.63) is 0 Å². The van der Waals surface area contributed by atoms with E-state index in [1.165, 1.54) is 19.3 Å². The van der Waals surface area contributed by atoms with Gasteiger partial charge in [0.05, 0.1) is 13.0 Å². The summed E-state index contributed by atoms with van der Waals surface area (Å²) in [5, 5.41) is 0. The Hall–Kier alpha value is -1.59. The van der Waals surface area contributed by atoms with Gasteiger partial charge in [-0.15, -0.1) is 0 Å². The van der Waals surface area contributed by atoms with Crippen LogP contribution in [0.4, 0.5) is 0 Å². The van der Waals surface area contributed by atoms with E-state index in [2.05, 4.69) is 6.92 Å². The van der Waals surface area contributed by atoms with Gasteiger partial charge >= 0.3 is 17.9 Å². The monoisotopic (exact) mass is 372 g/mol. The van der Waals surface area contributed by atoms with Crippen molar-refractivity contribution in [3.63, 3.8) is 0 Å². The fourth-order valence-corrected chi connectivity index (χ4v) is 2.36. The fourth-order valence-electron chi connectivity index (χ4n) is 2.36. The number of unbranched alkanes of at least 4 members (excludes halogenated alkanes) is 5. The molecule has 0 fully saturated rings. The van der Waals surface area contributed by atoms with Gasteiger partial charge in [-0.3, -0.25) is 14.4 Å². The second-order valence-electron chi connectivity index (χ2n) is 6.49. The first-order valence-corrected chi connectivity index (χ1v) is 10.0. The summed E-state index contributed by atoms with van der Waals surface area (Å²) in [4.78, 5) is 35.1. The SMILES string of the molecule is CCCCCCCCOC(=O)CC(COC(=O)CCC)OC(=O)CCC. The van der Waals surface area contributed by atoms with Crippen LogP contribution in [-0.4, -0.2) is 37.2 Å². The minimum Gasteiger partial charge on any atom is -0.466 e. The lowest BCUT2D eigenvalue weighted by molar-refractivity contribution is -0.164. The summed E-state index contributed by atoms with van der Waals surface area (Å²) in [5.41, 5.74) is 0. The number of carbonyl (C=O) groups is 3. The molecule has 1 atom stereocenters. The molecule has 0 aromatic rings. The number of esters is 3. The molecule has 0 bridgehead atoms. The molecule has 0 aromatic carbocycles. The summed E-state index contributed by atoms with van der Waals surface area (Å²) in [5.74, 6) is -1.18. The van der Waals surface area contributed by atoms with E-state index in [-0.39, 0.29) is 25.4 Å². The van der Waals surface area contributed by atoms with Gasteiger partial charge in [0.2, 0.25) is 0 Å². The molecule has 0 aliphatic carbocycles. The van der Waals surface area contributed by atoms with Crippen molar-refractivity contribution in [2.24, 2.45) is 0 Å². The third-order valence-electron chi connectivity index (χ3n) is 3.79. The van der Waals surface area contributed by atoms with Crippen molar-refractivity contribution in [1.82, 2.24) is 0 Å². The van der Waals surface area contributed by atoms with E-state index in [4.69, 9.17) is 14.2 Å². The molecule has 6 nitrogen and oxygen atoms in total. The third kappa shape index (κ3) is 14.7. The van der Waals surface area contributed by atoms with Crippen LogP contribution in [0.1, 0.15) is 91.4 Å². The van der Waals surface area contributed by atoms with Crippen LogP contribution in [0.5, 0.6) is 0 Å². The molecule has 1 unspecified atom stereocenters. The molecule has 26 heavy (non-hydrogen) atoms. The first-order valence-electron chi connectivity index (χ1n) is 10.0. The van der Waals surface area contributed by atoms with Crippen molar-refractivity contribution in [2.45, 2.75) is 97.5 Å². The normalized spacial score (nSPS) is 11.7. The zero-order valence-electron chi connectivity index (χ0n) is 16.7. The molecule has 0 rings (SSSR count). The van der Waals surface area contributed by atoms with Gasteiger partial charge in [-0.1, -0.05) is 52.9 Å². The number of ether oxygens (including phenoxy) is 3. The van der Waals surface area contributed by atoms with Gasteiger partial charge < -0.3 is 14.2 Å². The standard InChI is InChI=1S/C20H36O6/c1-4-7-8-9-10-11-14-24-20(23)15-17(26-19(22)13-6-3)16-25-18(21)12-5-2/h17H,4-16H2,1-3H3. The zero-order chi connectivity index (χ0) is 19.6. The second-order valence-corrected chi connectivity index (χ2v) is 6.49. The van der Waals surface area contributed by atoms with Crippen LogP contribution in [0.25, 0.3) is 0 Å². The van der Waals surface area contributed by atoms with E-state index in [0.717, 1.165) is 19.3 Å². The van der Waals surface area contributed by atoms with Gasteiger partial charge in [0, 0.05) is 12.8 Å². The Morgan fingerprint density at radius 2 is 1.31 bits per heavy atom. The maximum absolute atomic E-state index is 11.9. The van der Waals surface area contributed by atoms with Gasteiger partial charge in [-0.2, -0.15) is 0 Å². The van der Waals surface area contributed by atoms with Gasteiger partial charge in [-0.25, -0.2) is 0 Å². The highest BCUT2D eigenvalue weighted by molar-refractivity contribution is 5.73. The molecule has 6 heteroatoms. The van der Waals surface area contributed by atoms with Gasteiger partial charge in [-0.05, 0) is 19.3 Å². The molecular formula is C20H36O6. The summed E-state index contributed by atoms with van der Waals surface area (Å²) >= 11 is 0. The maximum Gasteiger partial charge on any atom is 0.309 e. The molecule has 0 saturated carbocycles. The van der Waals surface area contributed by atoms with Gasteiger partial charge in [0.25, 0.3) is 0 Å². The zero-order valence-corrected chi connectivity index (χ0v) is 16.7. The Labute approximate surface area is 157 Å². The molecule has 0 saturated heterocycles. The molecule has 0 aliphatic heterocycles. The van der Waals surface area contributed by atoms with Crippen molar-refractivity contribution < 1.29 is 28.6 Å². The lowest BCUT2D eigenvalue weighted by Gasteiger charge is -2.17. The van der Waals surface area contributed by atoms with Crippen LogP contribution in [0.3, 0.4) is 0 Å². The van der Waals surface area contributed by atoms with Gasteiger partial charge in [0.1, 0.15) is 12.7 Å². The van der Waals surface area contributed by atoms with Crippen LogP contribution in [-0.2, 0) is 28.6 Å². The Bertz CT molecular complexity index is 394. The molecule has 0 radical (unpaired) electrons. The molecule has 0 heterocycles. The van der Waals surface area contributed by atoms with Crippen LogP contribution < -0.4 is 0 Å². The average molecular weight is 373 g/mol. The van der Waals surface area contributed by atoms with Crippen molar-refractivity contribution >= 4 is 17.9 Å². The van der Waals surface area contributed by atoms with Crippen molar-refractivity contribution in [3.8, 4) is 0 Å². The first kappa shape index (κ1) is 24.4. The summed E-state index contributed by atoms with van der Waals surface area (Å²) in [6, 6.07) is 0. The Kier molecular flexibility index (Phi) is 15.8. The van der Waals surface area contributed by atoms with E-state index >= 15 is 0 Å². The molecular weight excluding hydrogens is 336 g/mol. The largest absolute Gasteiger partial charge is 0.466 e. The highest BCUT2D eigenvalue weighted by Gasteiger charge is 2.21. The van der Waals surface area contributed by atoms with Crippen LogP contribution in [0.15, 0.2) is 0 Å². The first-order chi connectivity index (χ1) is 12.5. The van der Waals surface area contributed by atoms with Crippen molar-refractivity contribution in [2.75, 3.05) is 13.2 Å². The van der Waals surface area contributed by atoms with Crippen LogP contribution in [0.2, 0.25) is 0 Å². The van der Waals surface area contributed by atoms with E-state index in [1.54, 1.807) is 0 Å². The topological polar surface area (TPSA) is 78.9 Å². The number of hydrogen-bond donors (Lipinski definition) is 0. The minimum atomic E-state index is -0.785. The molecule has 0 N–H and O–H groups in total. The summed E-state index contributed by atoms with van der Waals surface area (Å²) in [6.45, 7) is 6.17. The highest BCUT2D eigenvalue weighted by Crippen LogP contribution is 2.08. The summed E-state index contributed by atoms with van der Waals surface area (Å²) in [6.07, 6.45) is 7.71. The average Bonchev–Trinajstić information content (AvgIpc) is 2.59. The minimum absolute atomic E-state index is 0.0926. The molecule has 0 aliphatic rings. The quantitative estimate of drug-likeness (QED) is 0.228. The smallest absolute Gasteiger partial charge is 0.309 e. The van der Waals surface area contributed by atoms with Crippen LogP contribution in [0, 0.1) is 0 Å². The number of rotatable bonds is 16. The lowest BCUT2D eigenvalue weighted by atomic mass is 10.1. The molecule has 152 valence electrons. The fraction of sp³-hybridized carbons (Fsp3) is 0.850. The van der Waals surface area contributed by atoms with E-state index in [9.17, 15) is 14.4 Å². The predicted molar refractivity (Wildman–Crippen MR) is 99.6 cm³/mol. The molecule has 0 aromatic heterocycles. The Morgan fingerprint density at radius 1 is 0.692 bits per heavy atom. The van der Waals surface area contributed by atoms with Crippen molar-refractivity contribution in [1.29, 1.82) is 0 Å². The van der Waals surface area contributed by atoms with E-state index < -0.39 is 18.0 Å². The number of carbonyl (C=O) groups excluding carboxylic acids is 3. The summed E-state index contributed by atoms with van der Waals surface area (Å²) in [7, 11) is 0. The molecule has 0 spiro atoms. The maximum atomic E-state index is 11.9. The highest BCUT2D eigenvalue weighted by atomic mass is 16.6. The lowest BCUT2D eigenvalue weighted by Crippen LogP contribution is -2.28. The van der Waals surface area contributed by atoms with Gasteiger partial charge in [0.15, 0.2) is 0 Å². The Morgan fingerprint density at radius 3 is 1.96 bits per heavy atom. The van der Waals surface area contributed by atoms with E-state index in [1.807, 2.05) is 13.8 Å². The van der Waals surface area contributed by atoms with Crippen LogP contribution >= 0.6 is 0 Å². The number of hydrogen-bond acceptors (Lipinski definition) is 6. The Balaban J connectivity index is 4.17. The predicted octanol–water partition coefficient (Wildman–Crippen LogP) is 4.34. The third-order valence-corrected chi connectivity index (χ3v) is 3.79. The summed E-state index contributed by atoms with van der Waals surface area (Å²) < 4.78 is 15.5. The molecule has 0 amide bonds. The van der Waals surface area contributed by atoms with E-state index in [0.29, 0.717) is 25.9 Å².